The molecular formula is C52H38N4. The zero-order valence-electron chi connectivity index (χ0n) is 31.8. The Morgan fingerprint density at radius 3 is 1.57 bits per heavy atom. The Balaban J connectivity index is 1.26. The van der Waals surface area contributed by atoms with E-state index in [2.05, 4.69) is 175 Å². The predicted molar refractivity (Wildman–Crippen MR) is 234 cm³/mol. The molecule has 4 nitrogen and oxygen atoms in total. The van der Waals surface area contributed by atoms with Gasteiger partial charge in [-0.1, -0.05) is 126 Å². The van der Waals surface area contributed by atoms with Crippen molar-refractivity contribution < 1.29 is 0 Å². The van der Waals surface area contributed by atoms with Gasteiger partial charge in [-0.3, -0.25) is 4.57 Å². The minimum atomic E-state index is 0.598. The van der Waals surface area contributed by atoms with Gasteiger partial charge in [0, 0.05) is 27.1 Å². The average Bonchev–Trinajstić information content (AvgIpc) is 3.72. The van der Waals surface area contributed by atoms with Crippen molar-refractivity contribution in [2.24, 2.45) is 0 Å². The molecule has 0 aliphatic carbocycles. The summed E-state index contributed by atoms with van der Waals surface area (Å²) in [5.74, 6) is 0.817. The number of para-hydroxylation sites is 2. The predicted octanol–water partition coefficient (Wildman–Crippen LogP) is 14.1. The topological polar surface area (TPSA) is 27.1 Å². The summed E-state index contributed by atoms with van der Waals surface area (Å²) >= 11 is 0. The van der Waals surface area contributed by atoms with Crippen LogP contribution in [0.5, 0.6) is 0 Å². The van der Waals surface area contributed by atoms with E-state index in [9.17, 15) is 0 Å². The van der Waals surface area contributed by atoms with Gasteiger partial charge in [-0.15, -0.1) is 0 Å². The van der Waals surface area contributed by atoms with Gasteiger partial charge < -0.3 is 4.57 Å². The molecule has 10 rings (SSSR count). The molecule has 0 spiro atoms. The normalized spacial score (nSPS) is 11.6. The Labute approximate surface area is 326 Å². The van der Waals surface area contributed by atoms with E-state index in [1.165, 1.54) is 66.1 Å². The van der Waals surface area contributed by atoms with E-state index in [0.29, 0.717) is 5.69 Å². The van der Waals surface area contributed by atoms with Crippen molar-refractivity contribution in [2.75, 3.05) is 0 Å². The second-order valence-electron chi connectivity index (χ2n) is 15.0. The van der Waals surface area contributed by atoms with Gasteiger partial charge in [-0.2, -0.15) is 0 Å². The summed E-state index contributed by atoms with van der Waals surface area (Å²) < 4.78 is 4.66. The van der Waals surface area contributed by atoms with Gasteiger partial charge in [0.25, 0.3) is 0 Å². The van der Waals surface area contributed by atoms with Crippen LogP contribution >= 0.6 is 0 Å². The fourth-order valence-corrected chi connectivity index (χ4v) is 8.77. The highest BCUT2D eigenvalue weighted by Gasteiger charge is 2.21. The summed E-state index contributed by atoms with van der Waals surface area (Å²) in [7, 11) is 0. The molecule has 0 amide bonds. The molecule has 0 N–H and O–H groups in total. The number of nitrogens with zero attached hydrogens (tertiary/aromatic N) is 4. The molecule has 0 unspecified atom stereocenters. The maximum Gasteiger partial charge on any atom is 0.187 e. The molecule has 10 aromatic rings. The fourth-order valence-electron chi connectivity index (χ4n) is 8.77. The van der Waals surface area contributed by atoms with Gasteiger partial charge in [0.1, 0.15) is 5.82 Å². The van der Waals surface area contributed by atoms with Crippen molar-refractivity contribution >= 4 is 49.3 Å². The minimum absolute atomic E-state index is 0.598. The first-order chi connectivity index (χ1) is 27.4. The van der Waals surface area contributed by atoms with Crippen LogP contribution in [0.1, 0.15) is 22.3 Å². The van der Waals surface area contributed by atoms with Gasteiger partial charge in [-0.25, -0.2) is 9.83 Å². The van der Waals surface area contributed by atoms with Gasteiger partial charge in [0.05, 0.1) is 40.5 Å². The molecule has 7 aromatic carbocycles. The van der Waals surface area contributed by atoms with Crippen LogP contribution in [0.15, 0.2) is 158 Å². The number of hydrogen-bond donors (Lipinski definition) is 0. The van der Waals surface area contributed by atoms with Crippen LogP contribution in [-0.2, 0) is 0 Å². The average molecular weight is 719 g/mol. The number of aromatic nitrogens is 3. The van der Waals surface area contributed by atoms with Crippen LogP contribution < -0.4 is 0 Å². The third kappa shape index (κ3) is 5.32. The Kier molecular flexibility index (Phi) is 7.73. The van der Waals surface area contributed by atoms with E-state index >= 15 is 0 Å². The molecule has 266 valence electrons. The third-order valence-electron chi connectivity index (χ3n) is 11.4. The van der Waals surface area contributed by atoms with Crippen LogP contribution in [0.25, 0.3) is 93.3 Å². The first kappa shape index (κ1) is 33.4. The molecule has 0 aliphatic heterocycles. The summed E-state index contributed by atoms with van der Waals surface area (Å²) in [6.07, 6.45) is 2.03. The molecule has 0 radical (unpaired) electrons. The van der Waals surface area contributed by atoms with Crippen LogP contribution in [0, 0.1) is 34.3 Å². The van der Waals surface area contributed by atoms with Gasteiger partial charge in [0.15, 0.2) is 5.69 Å². The van der Waals surface area contributed by atoms with Crippen molar-refractivity contribution in [1.29, 1.82) is 0 Å². The lowest BCUT2D eigenvalue weighted by molar-refractivity contribution is 1.06. The number of pyridine rings is 1. The molecule has 0 atom stereocenters. The SMILES string of the molecule is [C-]#[N+]c1cccc(-c2cc(-n3c4ccccc4c4ccc(-c5ccc(C)cc5C)cc43)ncc2-n2c3ccccc3c3ccc(-c4ccc(C)cc4C)cc32)c1. The second-order valence-corrected chi connectivity index (χ2v) is 15.0. The quantitative estimate of drug-likeness (QED) is 0.163. The fraction of sp³-hybridized carbons (Fsp3) is 0.0769. The van der Waals surface area contributed by atoms with Crippen molar-refractivity contribution in [2.45, 2.75) is 27.7 Å². The third-order valence-corrected chi connectivity index (χ3v) is 11.4. The summed E-state index contributed by atoms with van der Waals surface area (Å²) in [6.45, 7) is 16.6. The zero-order valence-corrected chi connectivity index (χ0v) is 31.8. The Bertz CT molecular complexity index is 3260. The summed E-state index contributed by atoms with van der Waals surface area (Å²) in [6, 6.07) is 54.3. The second kappa shape index (κ2) is 13.0. The van der Waals surface area contributed by atoms with E-state index < -0.39 is 0 Å². The monoisotopic (exact) mass is 718 g/mol. The Morgan fingerprint density at radius 1 is 0.446 bits per heavy atom. The van der Waals surface area contributed by atoms with Gasteiger partial charge in [0.2, 0.25) is 0 Å². The molecular weight excluding hydrogens is 681 g/mol. The van der Waals surface area contributed by atoms with E-state index in [1.54, 1.807) is 0 Å². The largest absolute Gasteiger partial charge is 0.307 e. The van der Waals surface area contributed by atoms with Crippen molar-refractivity contribution in [3.05, 3.63) is 192 Å². The number of hydrogen-bond acceptors (Lipinski definition) is 1. The molecule has 0 aliphatic rings. The van der Waals surface area contributed by atoms with Crippen molar-refractivity contribution in [1.82, 2.24) is 14.1 Å². The molecule has 4 heteroatoms. The van der Waals surface area contributed by atoms with E-state index in [-0.39, 0.29) is 0 Å². The van der Waals surface area contributed by atoms with Crippen molar-refractivity contribution in [3.63, 3.8) is 0 Å². The minimum Gasteiger partial charge on any atom is -0.307 e. The number of aryl methyl sites for hydroxylation is 4. The number of benzene rings is 7. The molecule has 0 saturated carbocycles. The van der Waals surface area contributed by atoms with E-state index in [1.807, 2.05) is 24.4 Å². The molecule has 0 bridgehead atoms. The molecule has 0 fully saturated rings. The smallest absolute Gasteiger partial charge is 0.187 e. The number of fused-ring (bicyclic) bond motifs is 6. The lowest BCUT2D eigenvalue weighted by Gasteiger charge is -2.17. The Morgan fingerprint density at radius 2 is 0.982 bits per heavy atom. The first-order valence-electron chi connectivity index (χ1n) is 19.1. The molecule has 56 heavy (non-hydrogen) atoms. The maximum atomic E-state index is 7.91. The molecule has 0 saturated heterocycles. The highest BCUT2D eigenvalue weighted by molar-refractivity contribution is 6.12. The highest BCUT2D eigenvalue weighted by atomic mass is 15.1. The Hall–Kier alpha value is -7.22. The lowest BCUT2D eigenvalue weighted by Crippen LogP contribution is -2.03. The summed E-state index contributed by atoms with van der Waals surface area (Å²) in [4.78, 5) is 9.17. The molecule has 3 heterocycles. The zero-order chi connectivity index (χ0) is 38.1. The summed E-state index contributed by atoms with van der Waals surface area (Å²) in [5, 5.41) is 4.72. The van der Waals surface area contributed by atoms with Crippen molar-refractivity contribution in [3.8, 4) is 44.9 Å². The number of rotatable bonds is 5. The molecule has 3 aromatic heterocycles. The lowest BCUT2D eigenvalue weighted by atomic mass is 9.97. The van der Waals surface area contributed by atoms with Crippen LogP contribution in [0.3, 0.4) is 0 Å². The van der Waals surface area contributed by atoms with Gasteiger partial charge in [-0.05, 0) is 103 Å². The maximum absolute atomic E-state index is 7.91. The van der Waals surface area contributed by atoms with Crippen LogP contribution in [0.4, 0.5) is 5.69 Å². The van der Waals surface area contributed by atoms with Crippen LogP contribution in [-0.4, -0.2) is 14.1 Å². The van der Waals surface area contributed by atoms with Crippen LogP contribution in [0.2, 0.25) is 0 Å². The van der Waals surface area contributed by atoms with E-state index in [0.717, 1.165) is 44.7 Å². The van der Waals surface area contributed by atoms with Gasteiger partial charge >= 0.3 is 0 Å². The highest BCUT2D eigenvalue weighted by Crippen LogP contribution is 2.41. The van der Waals surface area contributed by atoms with E-state index in [4.69, 9.17) is 11.6 Å². The summed E-state index contributed by atoms with van der Waals surface area (Å²) in [5.41, 5.74) is 17.7. The first-order valence-corrected chi connectivity index (χ1v) is 19.1. The standard InChI is InChI=1S/C52H38N4/c1-32-17-21-40(34(3)25-32)37-19-23-44-42-13-6-8-15-47(42)55(49(44)28-37)51-31-54-52(30-46(51)36-11-10-12-39(27-36)53-5)56-48-16-9-7-14-43(48)45-24-20-38(29-50(45)56)41-22-18-33(2)26-35(41)4/h6-31H,1-4H3.